The van der Waals surface area contributed by atoms with Crippen molar-refractivity contribution >= 4 is 34.5 Å². The van der Waals surface area contributed by atoms with Crippen LogP contribution < -0.4 is 14.7 Å². The summed E-state index contributed by atoms with van der Waals surface area (Å²) in [5.74, 6) is -1.48. The molecule has 6 heteroatoms. The summed E-state index contributed by atoms with van der Waals surface area (Å²) < 4.78 is 0. The summed E-state index contributed by atoms with van der Waals surface area (Å²) in [6, 6.07) is 20.7. The van der Waals surface area contributed by atoms with Crippen LogP contribution in [0, 0.1) is 6.92 Å². The number of nitrogens with zero attached hydrogens (tertiary/aromatic N) is 3. The molecule has 0 saturated carbocycles. The smallest absolute Gasteiger partial charge is 0.300 e. The van der Waals surface area contributed by atoms with E-state index in [1.54, 1.807) is 0 Å². The van der Waals surface area contributed by atoms with Crippen LogP contribution in [0.5, 0.6) is 0 Å². The van der Waals surface area contributed by atoms with Crippen LogP contribution in [0.1, 0.15) is 62.9 Å². The van der Waals surface area contributed by atoms with Gasteiger partial charge < -0.3 is 14.9 Å². The zero-order valence-corrected chi connectivity index (χ0v) is 24.9. The van der Waals surface area contributed by atoms with Crippen molar-refractivity contribution < 1.29 is 14.7 Å². The molecule has 210 valence electrons. The quantitative estimate of drug-likeness (QED) is 0.203. The minimum absolute atomic E-state index is 0.101. The molecule has 0 aliphatic carbocycles. The van der Waals surface area contributed by atoms with Gasteiger partial charge in [-0.05, 0) is 85.3 Å². The molecular weight excluding hydrogens is 498 g/mol. The third kappa shape index (κ3) is 5.35. The third-order valence-corrected chi connectivity index (χ3v) is 7.78. The van der Waals surface area contributed by atoms with Crippen LogP contribution in [0.15, 0.2) is 72.3 Å². The number of hydrogen-bond acceptors (Lipinski definition) is 5. The van der Waals surface area contributed by atoms with Crippen LogP contribution in [0.2, 0.25) is 0 Å². The molecule has 1 heterocycles. The Morgan fingerprint density at radius 2 is 1.45 bits per heavy atom. The molecule has 1 saturated heterocycles. The van der Waals surface area contributed by atoms with Crippen LogP contribution in [0.25, 0.3) is 5.76 Å². The number of carbonyl (C=O) groups excluding carboxylic acids is 2. The van der Waals surface area contributed by atoms with Crippen LogP contribution in [0.3, 0.4) is 0 Å². The van der Waals surface area contributed by atoms with Crippen molar-refractivity contribution in [2.75, 3.05) is 41.9 Å². The maximum atomic E-state index is 13.7. The Labute approximate surface area is 238 Å². The van der Waals surface area contributed by atoms with E-state index in [1.165, 1.54) is 4.90 Å². The number of carbonyl (C=O) groups is 2. The largest absolute Gasteiger partial charge is 0.507 e. The fraction of sp³-hybridized carbons (Fsp3) is 0.353. The Kier molecular flexibility index (Phi) is 8.10. The van der Waals surface area contributed by atoms with Crippen LogP contribution in [0.4, 0.5) is 17.1 Å². The van der Waals surface area contributed by atoms with Crippen LogP contribution in [-0.2, 0) is 15.0 Å². The first-order valence-corrected chi connectivity index (χ1v) is 13.9. The molecule has 0 aromatic heterocycles. The number of aliphatic hydroxyl groups is 1. The Balaban J connectivity index is 1.92. The normalized spacial score (nSPS) is 16.9. The van der Waals surface area contributed by atoms with Gasteiger partial charge in [0.1, 0.15) is 5.76 Å². The zero-order valence-electron chi connectivity index (χ0n) is 24.9. The van der Waals surface area contributed by atoms with Gasteiger partial charge in [0.25, 0.3) is 11.7 Å². The molecular formula is C34H41N3O3. The van der Waals surface area contributed by atoms with Crippen molar-refractivity contribution in [2.45, 2.75) is 53.0 Å². The molecule has 1 atom stereocenters. The number of anilines is 3. The first kappa shape index (κ1) is 28.9. The Morgan fingerprint density at radius 1 is 0.875 bits per heavy atom. The number of Topliss-reactive ketones (excluding diaryl/α,β-unsaturated/α-hetero) is 1. The van der Waals surface area contributed by atoms with Crippen molar-refractivity contribution in [3.8, 4) is 0 Å². The van der Waals surface area contributed by atoms with E-state index in [1.807, 2.05) is 92.6 Å². The zero-order chi connectivity index (χ0) is 29.4. The summed E-state index contributed by atoms with van der Waals surface area (Å²) >= 11 is 0. The Hall–Kier alpha value is -4.06. The highest BCUT2D eigenvalue weighted by Gasteiger charge is 2.47. The number of aliphatic hydroxyl groups excluding tert-OH is 1. The number of ketones is 1. The summed E-state index contributed by atoms with van der Waals surface area (Å²) in [6.45, 7) is 14.2. The topological polar surface area (TPSA) is 64.1 Å². The average molecular weight is 540 g/mol. The van der Waals surface area contributed by atoms with E-state index in [2.05, 4.69) is 39.5 Å². The van der Waals surface area contributed by atoms with Gasteiger partial charge in [-0.15, -0.1) is 0 Å². The van der Waals surface area contributed by atoms with Gasteiger partial charge >= 0.3 is 0 Å². The fourth-order valence-electron chi connectivity index (χ4n) is 5.27. The maximum Gasteiger partial charge on any atom is 0.300 e. The second kappa shape index (κ2) is 11.2. The second-order valence-electron chi connectivity index (χ2n) is 11.6. The number of hydrogen-bond donors (Lipinski definition) is 1. The van der Waals surface area contributed by atoms with Gasteiger partial charge in [-0.1, -0.05) is 45.0 Å². The van der Waals surface area contributed by atoms with Gasteiger partial charge in [-0.2, -0.15) is 0 Å². The molecule has 1 fully saturated rings. The van der Waals surface area contributed by atoms with Gasteiger partial charge in [0, 0.05) is 49.8 Å². The minimum Gasteiger partial charge on any atom is -0.507 e. The first-order chi connectivity index (χ1) is 18.9. The van der Waals surface area contributed by atoms with Gasteiger partial charge in [-0.3, -0.25) is 14.5 Å². The maximum absolute atomic E-state index is 13.7. The fourth-order valence-corrected chi connectivity index (χ4v) is 5.27. The molecule has 1 unspecified atom stereocenters. The molecule has 1 amide bonds. The predicted octanol–water partition coefficient (Wildman–Crippen LogP) is 6.83. The van der Waals surface area contributed by atoms with E-state index < -0.39 is 17.7 Å². The lowest BCUT2D eigenvalue weighted by molar-refractivity contribution is -0.132. The van der Waals surface area contributed by atoms with E-state index in [0.29, 0.717) is 11.3 Å². The minimum atomic E-state index is -0.770. The van der Waals surface area contributed by atoms with E-state index in [9.17, 15) is 14.7 Å². The van der Waals surface area contributed by atoms with Gasteiger partial charge in [0.2, 0.25) is 0 Å². The number of benzene rings is 3. The average Bonchev–Trinajstić information content (AvgIpc) is 3.19. The molecule has 1 N–H and O–H groups in total. The summed E-state index contributed by atoms with van der Waals surface area (Å²) in [5.41, 5.74) is 5.80. The van der Waals surface area contributed by atoms with Crippen LogP contribution >= 0.6 is 0 Å². The van der Waals surface area contributed by atoms with Crippen LogP contribution in [-0.4, -0.2) is 44.0 Å². The van der Waals surface area contributed by atoms with E-state index in [0.717, 1.165) is 41.2 Å². The number of rotatable bonds is 7. The number of amides is 1. The van der Waals surface area contributed by atoms with Crippen molar-refractivity contribution in [3.05, 3.63) is 94.6 Å². The predicted molar refractivity (Wildman–Crippen MR) is 165 cm³/mol. The van der Waals surface area contributed by atoms with Gasteiger partial charge in [0.05, 0.1) is 11.6 Å². The highest BCUT2D eigenvalue weighted by molar-refractivity contribution is 6.51. The number of aryl methyl sites for hydroxylation is 1. The molecule has 3 aromatic rings. The summed E-state index contributed by atoms with van der Waals surface area (Å²) in [5, 5.41) is 11.8. The molecule has 0 radical (unpaired) electrons. The highest BCUT2D eigenvalue weighted by atomic mass is 16.3. The Bertz CT molecular complexity index is 1430. The second-order valence-corrected chi connectivity index (χ2v) is 11.6. The summed E-state index contributed by atoms with van der Waals surface area (Å²) in [6.07, 6.45) is 0. The van der Waals surface area contributed by atoms with Crippen molar-refractivity contribution in [1.29, 1.82) is 0 Å². The van der Waals surface area contributed by atoms with Crippen molar-refractivity contribution in [1.82, 2.24) is 0 Å². The van der Waals surface area contributed by atoms with E-state index in [4.69, 9.17) is 0 Å². The van der Waals surface area contributed by atoms with Gasteiger partial charge in [-0.25, -0.2) is 0 Å². The highest BCUT2D eigenvalue weighted by Crippen LogP contribution is 2.43. The lowest BCUT2D eigenvalue weighted by atomic mass is 9.84. The lowest BCUT2D eigenvalue weighted by Gasteiger charge is -2.27. The molecule has 6 nitrogen and oxygen atoms in total. The lowest BCUT2D eigenvalue weighted by Crippen LogP contribution is -2.29. The monoisotopic (exact) mass is 539 g/mol. The van der Waals surface area contributed by atoms with Crippen molar-refractivity contribution in [2.24, 2.45) is 0 Å². The first-order valence-electron chi connectivity index (χ1n) is 13.9. The molecule has 0 bridgehead atoms. The molecule has 1 aliphatic rings. The third-order valence-electron chi connectivity index (χ3n) is 7.78. The van der Waals surface area contributed by atoms with Gasteiger partial charge in [0.15, 0.2) is 0 Å². The molecule has 4 rings (SSSR count). The Morgan fingerprint density at radius 3 is 1.98 bits per heavy atom. The van der Waals surface area contributed by atoms with Crippen molar-refractivity contribution in [3.63, 3.8) is 0 Å². The molecule has 0 spiro atoms. The summed E-state index contributed by atoms with van der Waals surface area (Å²) in [7, 11) is 3.92. The molecule has 40 heavy (non-hydrogen) atoms. The summed E-state index contributed by atoms with van der Waals surface area (Å²) in [4.78, 5) is 33.1. The molecule has 3 aromatic carbocycles. The SMILES string of the molecule is CCN(CC)c1ccc(N2C(=O)C(=O)/C(=C(/O)c3cc(C(C)(C)C)ccc3C)C2c2ccc(N(C)C)cc2)cc1. The standard InChI is InChI=1S/C34H41N3O3/c1-9-36(10-2)26-17-19-27(20-18-26)37-30(23-12-15-25(16-13-23)35(7)8)29(32(39)33(37)40)31(38)28-21-24(34(4,5)6)14-11-22(28)3/h11-21,30,38H,9-10H2,1-8H3/b31-29+. The van der Waals surface area contributed by atoms with E-state index >= 15 is 0 Å². The molecule has 1 aliphatic heterocycles. The van der Waals surface area contributed by atoms with E-state index in [-0.39, 0.29) is 16.7 Å².